The van der Waals surface area contributed by atoms with Gasteiger partial charge in [-0.05, 0) is 40.3 Å². The van der Waals surface area contributed by atoms with Crippen LogP contribution in [0.5, 0.6) is 0 Å². The minimum atomic E-state index is 0.689. The molecule has 0 saturated carbocycles. The Hall–Kier alpha value is -0.500. The highest BCUT2D eigenvalue weighted by Gasteiger charge is 2.21. The molecule has 0 spiro atoms. The molecule has 1 aliphatic rings. The molecule has 1 rings (SSSR count). The topological polar surface area (TPSA) is 6.48 Å². The Labute approximate surface area is 88.6 Å². The third-order valence-corrected chi connectivity index (χ3v) is 3.27. The van der Waals surface area contributed by atoms with Gasteiger partial charge in [0.25, 0.3) is 0 Å². The number of hydrogen-bond donors (Lipinski definition) is 0. The van der Waals surface area contributed by atoms with Crippen LogP contribution < -0.4 is 0 Å². The monoisotopic (exact) mass is 196 g/mol. The van der Waals surface area contributed by atoms with E-state index in [0.29, 0.717) is 5.92 Å². The summed E-state index contributed by atoms with van der Waals surface area (Å²) in [7, 11) is 2.21. The molecule has 1 unspecified atom stereocenters. The Morgan fingerprint density at radius 2 is 2.07 bits per heavy atom. The van der Waals surface area contributed by atoms with Crippen molar-refractivity contribution >= 4 is 0 Å². The normalized spacial score (nSPS) is 23.5. The van der Waals surface area contributed by atoms with Gasteiger partial charge in [-0.15, -0.1) is 0 Å². The van der Waals surface area contributed by atoms with Gasteiger partial charge in [0.1, 0.15) is 0 Å². The van der Waals surface area contributed by atoms with E-state index in [1.165, 1.54) is 31.6 Å². The van der Waals surface area contributed by atoms with Gasteiger partial charge in [-0.25, -0.2) is 0 Å². The Morgan fingerprint density at radius 1 is 1.43 bits per heavy atom. The summed E-state index contributed by atoms with van der Waals surface area (Å²) >= 11 is 0. The van der Waals surface area contributed by atoms with Gasteiger partial charge in [0.05, 0.1) is 0 Å². The molecule has 0 aromatic rings. The molecule has 2 heteroatoms. The van der Waals surface area contributed by atoms with Gasteiger partial charge in [0.15, 0.2) is 0 Å². The molecular weight excluding hydrogens is 172 g/mol. The molecule has 1 atom stereocenters. The molecule has 0 bridgehead atoms. The van der Waals surface area contributed by atoms with Crippen LogP contribution in [0.1, 0.15) is 26.7 Å². The lowest BCUT2D eigenvalue weighted by Crippen LogP contribution is -2.37. The average molecular weight is 196 g/mol. The Morgan fingerprint density at radius 3 is 2.57 bits per heavy atom. The number of nitrogens with zero attached hydrogens (tertiary/aromatic N) is 2. The minimum Gasteiger partial charge on any atom is -0.376 e. The Bertz CT molecular complexity index is 185. The summed E-state index contributed by atoms with van der Waals surface area (Å²) in [5, 5.41) is 0. The maximum atomic E-state index is 4.25. The molecule has 82 valence electrons. The highest BCUT2D eigenvalue weighted by atomic mass is 15.2. The second-order valence-corrected chi connectivity index (χ2v) is 4.27. The molecule has 2 nitrogen and oxygen atoms in total. The summed E-state index contributed by atoms with van der Waals surface area (Å²) in [5.41, 5.74) is 1.35. The van der Waals surface area contributed by atoms with Crippen molar-refractivity contribution < 1.29 is 0 Å². The van der Waals surface area contributed by atoms with E-state index >= 15 is 0 Å². The summed E-state index contributed by atoms with van der Waals surface area (Å²) in [4.78, 5) is 4.81. The smallest absolute Gasteiger partial charge is 0.0146 e. The molecule has 0 aromatic heterocycles. The lowest BCUT2D eigenvalue weighted by molar-refractivity contribution is 0.199. The first-order valence-electron chi connectivity index (χ1n) is 5.81. The predicted octanol–water partition coefficient (Wildman–Crippen LogP) is 2.18. The van der Waals surface area contributed by atoms with Gasteiger partial charge >= 0.3 is 0 Å². The average Bonchev–Trinajstić information content (AvgIpc) is 2.19. The molecule has 1 aliphatic heterocycles. The molecular formula is C12H24N2. The van der Waals surface area contributed by atoms with E-state index in [1.54, 1.807) is 0 Å². The van der Waals surface area contributed by atoms with Crippen molar-refractivity contribution in [3.05, 3.63) is 12.3 Å². The van der Waals surface area contributed by atoms with Crippen LogP contribution in [0.25, 0.3) is 0 Å². The summed E-state index contributed by atoms with van der Waals surface area (Å²) in [6, 6.07) is 0. The summed E-state index contributed by atoms with van der Waals surface area (Å²) in [5.74, 6) is 0.689. The van der Waals surface area contributed by atoms with Gasteiger partial charge in [-0.3, -0.25) is 0 Å². The van der Waals surface area contributed by atoms with E-state index in [4.69, 9.17) is 0 Å². The van der Waals surface area contributed by atoms with Crippen LogP contribution in [0.4, 0.5) is 0 Å². The summed E-state index contributed by atoms with van der Waals surface area (Å²) in [6.07, 6.45) is 2.64. The van der Waals surface area contributed by atoms with Crippen LogP contribution in [0.15, 0.2) is 12.3 Å². The van der Waals surface area contributed by atoms with Crippen LogP contribution in [0.2, 0.25) is 0 Å². The second-order valence-electron chi connectivity index (χ2n) is 4.27. The molecule has 1 fully saturated rings. The lowest BCUT2D eigenvalue weighted by atomic mass is 9.95. The second kappa shape index (κ2) is 5.40. The first-order valence-corrected chi connectivity index (χ1v) is 5.81. The fourth-order valence-electron chi connectivity index (χ4n) is 2.33. The van der Waals surface area contributed by atoms with Crippen molar-refractivity contribution in [2.45, 2.75) is 26.7 Å². The van der Waals surface area contributed by atoms with E-state index in [9.17, 15) is 0 Å². The number of rotatable bonds is 4. The molecule has 1 heterocycles. The molecule has 0 aliphatic carbocycles. The molecule has 1 saturated heterocycles. The van der Waals surface area contributed by atoms with Crippen LogP contribution in [0.3, 0.4) is 0 Å². The van der Waals surface area contributed by atoms with E-state index in [1.807, 2.05) is 0 Å². The minimum absolute atomic E-state index is 0.689. The van der Waals surface area contributed by atoms with Gasteiger partial charge < -0.3 is 9.80 Å². The van der Waals surface area contributed by atoms with Gasteiger partial charge in [-0.2, -0.15) is 0 Å². The Kier molecular flexibility index (Phi) is 4.46. The molecule has 0 aromatic carbocycles. The Balaban J connectivity index is 2.50. The number of piperidine rings is 1. The van der Waals surface area contributed by atoms with Gasteiger partial charge in [-0.1, -0.05) is 6.58 Å². The van der Waals surface area contributed by atoms with Crippen molar-refractivity contribution in [3.8, 4) is 0 Å². The number of hydrogen-bond acceptors (Lipinski definition) is 2. The quantitative estimate of drug-likeness (QED) is 0.680. The predicted molar refractivity (Wildman–Crippen MR) is 62.3 cm³/mol. The first-order chi connectivity index (χ1) is 6.69. The lowest BCUT2D eigenvalue weighted by Gasteiger charge is -2.35. The highest BCUT2D eigenvalue weighted by Crippen LogP contribution is 2.23. The summed E-state index contributed by atoms with van der Waals surface area (Å²) in [6.45, 7) is 13.3. The van der Waals surface area contributed by atoms with Crippen molar-refractivity contribution in [2.24, 2.45) is 5.92 Å². The zero-order chi connectivity index (χ0) is 10.6. The van der Waals surface area contributed by atoms with E-state index in [-0.39, 0.29) is 0 Å². The molecule has 0 N–H and O–H groups in total. The SMILES string of the molecule is C=C(C1CCCN(C)C1)N(CC)CC. The maximum absolute atomic E-state index is 4.25. The molecule has 14 heavy (non-hydrogen) atoms. The standard InChI is InChI=1S/C12H24N2/c1-5-14(6-2)11(3)12-8-7-9-13(4)10-12/h12H,3,5-10H2,1-2,4H3. The third-order valence-electron chi connectivity index (χ3n) is 3.27. The van der Waals surface area contributed by atoms with Crippen molar-refractivity contribution in [2.75, 3.05) is 33.2 Å². The summed E-state index contributed by atoms with van der Waals surface area (Å²) < 4.78 is 0. The van der Waals surface area contributed by atoms with Crippen LogP contribution in [0, 0.1) is 5.92 Å². The van der Waals surface area contributed by atoms with E-state index in [0.717, 1.165) is 13.1 Å². The van der Waals surface area contributed by atoms with Crippen molar-refractivity contribution in [1.82, 2.24) is 9.80 Å². The third kappa shape index (κ3) is 2.74. The van der Waals surface area contributed by atoms with Gasteiger partial charge in [0, 0.05) is 31.2 Å². The van der Waals surface area contributed by atoms with Crippen LogP contribution in [-0.2, 0) is 0 Å². The fraction of sp³-hybridized carbons (Fsp3) is 0.833. The largest absolute Gasteiger partial charge is 0.376 e. The zero-order valence-electron chi connectivity index (χ0n) is 9.92. The fourth-order valence-corrected chi connectivity index (χ4v) is 2.33. The van der Waals surface area contributed by atoms with E-state index < -0.39 is 0 Å². The molecule has 0 amide bonds. The maximum Gasteiger partial charge on any atom is 0.0146 e. The van der Waals surface area contributed by atoms with Crippen LogP contribution in [-0.4, -0.2) is 43.0 Å². The first kappa shape index (κ1) is 11.6. The van der Waals surface area contributed by atoms with E-state index in [2.05, 4.69) is 37.3 Å². The molecule has 0 radical (unpaired) electrons. The van der Waals surface area contributed by atoms with Gasteiger partial charge in [0.2, 0.25) is 0 Å². The van der Waals surface area contributed by atoms with Crippen molar-refractivity contribution in [1.29, 1.82) is 0 Å². The number of likely N-dealkylation sites (tertiary alicyclic amines) is 1. The van der Waals surface area contributed by atoms with Crippen LogP contribution >= 0.6 is 0 Å². The zero-order valence-corrected chi connectivity index (χ0v) is 9.92. The van der Waals surface area contributed by atoms with Crippen molar-refractivity contribution in [3.63, 3.8) is 0 Å². The highest BCUT2D eigenvalue weighted by molar-refractivity contribution is 5.02.